The van der Waals surface area contributed by atoms with E-state index in [1.54, 1.807) is 19.2 Å². The standard InChI is InChI=1S/C16H15Cl2N3O/c1-22-10-9-21-14-8-3-2-7-13(14)19-16(21)20-15-11(17)5-4-6-12(15)18/h2-8H,9-10H2,1H3,(H,19,20). The molecular weight excluding hydrogens is 321 g/mol. The van der Waals surface area contributed by atoms with E-state index in [9.17, 15) is 0 Å². The number of ether oxygens (including phenoxy) is 1. The second-order valence-electron chi connectivity index (χ2n) is 4.79. The largest absolute Gasteiger partial charge is 0.383 e. The fourth-order valence-corrected chi connectivity index (χ4v) is 2.80. The first-order valence-corrected chi connectivity index (χ1v) is 7.61. The lowest BCUT2D eigenvalue weighted by atomic mass is 10.3. The van der Waals surface area contributed by atoms with E-state index in [4.69, 9.17) is 27.9 Å². The lowest BCUT2D eigenvalue weighted by Gasteiger charge is -2.12. The molecule has 1 aromatic heterocycles. The fraction of sp³-hybridized carbons (Fsp3) is 0.188. The van der Waals surface area contributed by atoms with Crippen molar-refractivity contribution in [2.75, 3.05) is 19.0 Å². The Balaban J connectivity index is 2.06. The van der Waals surface area contributed by atoms with Crippen LogP contribution >= 0.6 is 23.2 Å². The average Bonchev–Trinajstić information content (AvgIpc) is 2.86. The predicted molar refractivity (Wildman–Crippen MR) is 91.4 cm³/mol. The molecule has 22 heavy (non-hydrogen) atoms. The summed E-state index contributed by atoms with van der Waals surface area (Å²) in [4.78, 5) is 4.62. The van der Waals surface area contributed by atoms with Crippen LogP contribution in [0.1, 0.15) is 0 Å². The highest BCUT2D eigenvalue weighted by Gasteiger charge is 2.13. The number of aromatic nitrogens is 2. The van der Waals surface area contributed by atoms with E-state index >= 15 is 0 Å². The van der Waals surface area contributed by atoms with Gasteiger partial charge in [-0.2, -0.15) is 0 Å². The molecule has 2 aromatic carbocycles. The van der Waals surface area contributed by atoms with Crippen molar-refractivity contribution in [1.82, 2.24) is 9.55 Å². The summed E-state index contributed by atoms with van der Waals surface area (Å²) in [5.74, 6) is 0.688. The summed E-state index contributed by atoms with van der Waals surface area (Å²) in [6.45, 7) is 1.27. The minimum atomic E-state index is 0.554. The second-order valence-corrected chi connectivity index (χ2v) is 5.60. The van der Waals surface area contributed by atoms with E-state index in [2.05, 4.69) is 14.9 Å². The molecule has 3 aromatic rings. The molecule has 0 aliphatic heterocycles. The van der Waals surface area contributed by atoms with Gasteiger partial charge in [0.1, 0.15) is 0 Å². The van der Waals surface area contributed by atoms with E-state index in [1.165, 1.54) is 0 Å². The summed E-state index contributed by atoms with van der Waals surface area (Å²) in [5.41, 5.74) is 2.59. The van der Waals surface area contributed by atoms with Gasteiger partial charge in [0.15, 0.2) is 0 Å². The molecule has 4 nitrogen and oxygen atoms in total. The molecule has 0 aliphatic carbocycles. The van der Waals surface area contributed by atoms with Gasteiger partial charge in [0.05, 0.1) is 33.4 Å². The van der Waals surface area contributed by atoms with E-state index in [-0.39, 0.29) is 0 Å². The normalized spacial score (nSPS) is 11.0. The van der Waals surface area contributed by atoms with Gasteiger partial charge in [-0.25, -0.2) is 4.98 Å². The first kappa shape index (κ1) is 15.2. The van der Waals surface area contributed by atoms with Gasteiger partial charge in [-0.15, -0.1) is 0 Å². The van der Waals surface area contributed by atoms with Crippen LogP contribution in [0.2, 0.25) is 10.0 Å². The maximum atomic E-state index is 6.23. The molecule has 0 bridgehead atoms. The second kappa shape index (κ2) is 6.57. The molecule has 0 unspecified atom stereocenters. The SMILES string of the molecule is COCCn1c(Nc2c(Cl)cccc2Cl)nc2ccccc21. The summed E-state index contributed by atoms with van der Waals surface area (Å²) in [6.07, 6.45) is 0. The minimum Gasteiger partial charge on any atom is -0.383 e. The highest BCUT2D eigenvalue weighted by Crippen LogP contribution is 2.33. The predicted octanol–water partition coefficient (Wildman–Crippen LogP) is 4.73. The Kier molecular flexibility index (Phi) is 4.52. The molecule has 0 saturated carbocycles. The molecule has 0 saturated heterocycles. The smallest absolute Gasteiger partial charge is 0.208 e. The molecule has 1 heterocycles. The average molecular weight is 336 g/mol. The van der Waals surface area contributed by atoms with E-state index in [0.717, 1.165) is 11.0 Å². The number of fused-ring (bicyclic) bond motifs is 1. The van der Waals surface area contributed by atoms with Gasteiger partial charge in [-0.05, 0) is 24.3 Å². The topological polar surface area (TPSA) is 39.1 Å². The number of para-hydroxylation sites is 3. The zero-order valence-electron chi connectivity index (χ0n) is 12.0. The van der Waals surface area contributed by atoms with Crippen LogP contribution in [-0.4, -0.2) is 23.3 Å². The lowest BCUT2D eigenvalue weighted by molar-refractivity contribution is 0.189. The molecule has 1 N–H and O–H groups in total. The number of rotatable bonds is 5. The highest BCUT2D eigenvalue weighted by atomic mass is 35.5. The Labute approximate surface area is 138 Å². The van der Waals surface area contributed by atoms with Gasteiger partial charge in [0.2, 0.25) is 5.95 Å². The van der Waals surface area contributed by atoms with Crippen molar-refractivity contribution in [3.63, 3.8) is 0 Å². The van der Waals surface area contributed by atoms with Gasteiger partial charge < -0.3 is 14.6 Å². The Bertz CT molecular complexity index is 781. The van der Waals surface area contributed by atoms with Crippen molar-refractivity contribution >= 4 is 45.9 Å². The van der Waals surface area contributed by atoms with Crippen molar-refractivity contribution in [1.29, 1.82) is 0 Å². The highest BCUT2D eigenvalue weighted by molar-refractivity contribution is 6.39. The van der Waals surface area contributed by atoms with E-state index in [0.29, 0.717) is 34.8 Å². The summed E-state index contributed by atoms with van der Waals surface area (Å²) in [6, 6.07) is 13.3. The van der Waals surface area contributed by atoms with Crippen LogP contribution in [0.15, 0.2) is 42.5 Å². The number of hydrogen-bond donors (Lipinski definition) is 1. The maximum absolute atomic E-state index is 6.23. The van der Waals surface area contributed by atoms with Crippen LogP contribution in [-0.2, 0) is 11.3 Å². The Hall–Kier alpha value is -1.75. The zero-order chi connectivity index (χ0) is 15.5. The van der Waals surface area contributed by atoms with Crippen molar-refractivity contribution in [3.8, 4) is 0 Å². The van der Waals surface area contributed by atoms with Crippen molar-refractivity contribution < 1.29 is 4.74 Å². The number of anilines is 2. The van der Waals surface area contributed by atoms with Gasteiger partial charge in [-0.3, -0.25) is 0 Å². The van der Waals surface area contributed by atoms with Crippen LogP contribution in [0.4, 0.5) is 11.6 Å². The third-order valence-corrected chi connectivity index (χ3v) is 4.00. The third kappa shape index (κ3) is 2.90. The minimum absolute atomic E-state index is 0.554. The molecule has 0 spiro atoms. The van der Waals surface area contributed by atoms with Crippen molar-refractivity contribution in [2.45, 2.75) is 6.54 Å². The molecule has 0 fully saturated rings. The van der Waals surface area contributed by atoms with Crippen LogP contribution in [0.5, 0.6) is 0 Å². The molecule has 6 heteroatoms. The molecular formula is C16H15Cl2N3O. The monoisotopic (exact) mass is 335 g/mol. The summed E-state index contributed by atoms with van der Waals surface area (Å²) in [5, 5.41) is 4.35. The van der Waals surface area contributed by atoms with Crippen LogP contribution in [0.3, 0.4) is 0 Å². The number of hydrogen-bond acceptors (Lipinski definition) is 3. The van der Waals surface area contributed by atoms with Gasteiger partial charge in [0, 0.05) is 13.7 Å². The Morgan fingerprint density at radius 3 is 2.55 bits per heavy atom. The third-order valence-electron chi connectivity index (χ3n) is 3.37. The van der Waals surface area contributed by atoms with Gasteiger partial charge in [0.25, 0.3) is 0 Å². The first-order chi connectivity index (χ1) is 10.7. The maximum Gasteiger partial charge on any atom is 0.208 e. The van der Waals surface area contributed by atoms with Crippen molar-refractivity contribution in [3.05, 3.63) is 52.5 Å². The lowest BCUT2D eigenvalue weighted by Crippen LogP contribution is -2.08. The van der Waals surface area contributed by atoms with E-state index < -0.39 is 0 Å². The molecule has 0 radical (unpaired) electrons. The van der Waals surface area contributed by atoms with Gasteiger partial charge in [-0.1, -0.05) is 41.4 Å². The number of nitrogens with one attached hydrogen (secondary N) is 1. The molecule has 3 rings (SSSR count). The van der Waals surface area contributed by atoms with Crippen molar-refractivity contribution in [2.24, 2.45) is 0 Å². The van der Waals surface area contributed by atoms with E-state index in [1.807, 2.05) is 30.3 Å². The number of imidazole rings is 1. The number of benzene rings is 2. The number of nitrogens with zero attached hydrogens (tertiary/aromatic N) is 2. The molecule has 114 valence electrons. The fourth-order valence-electron chi connectivity index (χ4n) is 2.31. The molecule has 0 amide bonds. The Morgan fingerprint density at radius 2 is 1.82 bits per heavy atom. The van der Waals surface area contributed by atoms with Crippen LogP contribution in [0, 0.1) is 0 Å². The zero-order valence-corrected chi connectivity index (χ0v) is 13.5. The Morgan fingerprint density at radius 1 is 1.09 bits per heavy atom. The quantitative estimate of drug-likeness (QED) is 0.732. The molecule has 0 aliphatic rings. The van der Waals surface area contributed by atoms with Crippen LogP contribution in [0.25, 0.3) is 11.0 Å². The summed E-state index contributed by atoms with van der Waals surface area (Å²) < 4.78 is 7.24. The van der Waals surface area contributed by atoms with Gasteiger partial charge >= 0.3 is 0 Å². The number of halogens is 2. The van der Waals surface area contributed by atoms with Crippen LogP contribution < -0.4 is 5.32 Å². The summed E-state index contributed by atoms with van der Waals surface area (Å²) >= 11 is 12.5. The number of methoxy groups -OCH3 is 1. The molecule has 0 atom stereocenters. The first-order valence-electron chi connectivity index (χ1n) is 6.86. The summed E-state index contributed by atoms with van der Waals surface area (Å²) in [7, 11) is 1.68.